The monoisotopic (exact) mass is 395 g/mol. The maximum atomic E-state index is 13.1. The first kappa shape index (κ1) is 19.7. The van der Waals surface area contributed by atoms with Gasteiger partial charge in [0.05, 0.1) is 6.04 Å². The number of carbonyl (C=O) groups excluding carboxylic acids is 1. The van der Waals surface area contributed by atoms with Crippen LogP contribution < -0.4 is 10.1 Å². The molecule has 0 spiro atoms. The van der Waals surface area contributed by atoms with Crippen LogP contribution in [0.25, 0.3) is 10.8 Å². The van der Waals surface area contributed by atoms with Crippen molar-refractivity contribution in [1.82, 2.24) is 5.32 Å². The average Bonchev–Trinajstić information content (AvgIpc) is 2.79. The highest BCUT2D eigenvalue weighted by molar-refractivity contribution is 5.89. The van der Waals surface area contributed by atoms with Crippen LogP contribution in [0.1, 0.15) is 29.7 Å². The summed E-state index contributed by atoms with van der Waals surface area (Å²) < 4.78 is 6.08. The van der Waals surface area contributed by atoms with Gasteiger partial charge in [0, 0.05) is 5.39 Å². The Kier molecular flexibility index (Phi) is 5.80. The Hall–Kier alpha value is -3.59. The lowest BCUT2D eigenvalue weighted by Crippen LogP contribution is -2.39. The first-order valence-corrected chi connectivity index (χ1v) is 10.2. The lowest BCUT2D eigenvalue weighted by atomic mass is 9.95. The number of nitrogens with one attached hydrogen (secondary N) is 1. The van der Waals surface area contributed by atoms with Gasteiger partial charge in [-0.1, -0.05) is 91.0 Å². The van der Waals surface area contributed by atoms with E-state index in [1.807, 2.05) is 84.9 Å². The molecule has 4 rings (SSSR count). The molecule has 0 saturated carbocycles. The molecule has 0 radical (unpaired) electrons. The van der Waals surface area contributed by atoms with Crippen molar-refractivity contribution in [2.75, 3.05) is 0 Å². The highest BCUT2D eigenvalue weighted by Gasteiger charge is 2.23. The van der Waals surface area contributed by atoms with E-state index >= 15 is 0 Å². The summed E-state index contributed by atoms with van der Waals surface area (Å²) in [7, 11) is 0. The van der Waals surface area contributed by atoms with E-state index in [1.165, 1.54) is 0 Å². The number of hydrogen-bond donors (Lipinski definition) is 1. The second-order valence-corrected chi connectivity index (χ2v) is 7.45. The number of aryl methyl sites for hydroxylation is 1. The first-order valence-electron chi connectivity index (χ1n) is 10.2. The van der Waals surface area contributed by atoms with E-state index in [0.717, 1.165) is 27.5 Å². The minimum atomic E-state index is -0.633. The molecule has 3 nitrogen and oxygen atoms in total. The van der Waals surface area contributed by atoms with Crippen molar-refractivity contribution in [2.24, 2.45) is 0 Å². The molecule has 0 aliphatic rings. The van der Waals surface area contributed by atoms with E-state index in [1.54, 1.807) is 6.92 Å². The topological polar surface area (TPSA) is 38.3 Å². The van der Waals surface area contributed by atoms with Crippen LogP contribution in [0.4, 0.5) is 0 Å². The SMILES string of the molecule is Cc1ccccc1[C@H](NC(=O)[C@@H](C)Oc1cccc2ccccc12)c1ccccc1. The van der Waals surface area contributed by atoms with Gasteiger partial charge in [-0.3, -0.25) is 4.79 Å². The number of carbonyl (C=O) groups is 1. The zero-order valence-corrected chi connectivity index (χ0v) is 17.2. The van der Waals surface area contributed by atoms with Crippen LogP contribution in [0.2, 0.25) is 0 Å². The maximum Gasteiger partial charge on any atom is 0.261 e. The number of benzene rings is 4. The van der Waals surface area contributed by atoms with E-state index in [9.17, 15) is 4.79 Å². The third kappa shape index (κ3) is 4.20. The molecule has 0 unspecified atom stereocenters. The Morgan fingerprint density at radius 2 is 1.47 bits per heavy atom. The highest BCUT2D eigenvalue weighted by Crippen LogP contribution is 2.27. The van der Waals surface area contributed by atoms with Crippen molar-refractivity contribution >= 4 is 16.7 Å². The van der Waals surface area contributed by atoms with E-state index in [2.05, 4.69) is 24.4 Å². The van der Waals surface area contributed by atoms with Gasteiger partial charge in [0.1, 0.15) is 5.75 Å². The summed E-state index contributed by atoms with van der Waals surface area (Å²) in [6, 6.07) is 31.8. The zero-order valence-electron chi connectivity index (χ0n) is 17.2. The van der Waals surface area contributed by atoms with Crippen LogP contribution >= 0.6 is 0 Å². The van der Waals surface area contributed by atoms with E-state index in [0.29, 0.717) is 5.75 Å². The minimum absolute atomic E-state index is 0.153. The second kappa shape index (κ2) is 8.83. The summed E-state index contributed by atoms with van der Waals surface area (Å²) in [4.78, 5) is 13.1. The van der Waals surface area contributed by atoms with Crippen LogP contribution in [0, 0.1) is 6.92 Å². The summed E-state index contributed by atoms with van der Waals surface area (Å²) in [6.07, 6.45) is -0.633. The van der Waals surface area contributed by atoms with Crippen LogP contribution in [0.3, 0.4) is 0 Å². The quantitative estimate of drug-likeness (QED) is 0.447. The van der Waals surface area contributed by atoms with Crippen molar-refractivity contribution in [3.8, 4) is 5.75 Å². The molecule has 0 heterocycles. The van der Waals surface area contributed by atoms with Gasteiger partial charge in [0.2, 0.25) is 0 Å². The Bertz CT molecular complexity index is 1150. The lowest BCUT2D eigenvalue weighted by Gasteiger charge is -2.24. The molecule has 0 saturated heterocycles. The van der Waals surface area contributed by atoms with Gasteiger partial charge >= 0.3 is 0 Å². The Labute approximate surface area is 177 Å². The molecule has 1 N–H and O–H groups in total. The fourth-order valence-corrected chi connectivity index (χ4v) is 3.70. The van der Waals surface area contributed by atoms with Crippen molar-refractivity contribution in [3.05, 3.63) is 114 Å². The molecule has 4 aromatic rings. The number of ether oxygens (including phenoxy) is 1. The molecule has 30 heavy (non-hydrogen) atoms. The second-order valence-electron chi connectivity index (χ2n) is 7.45. The Balaban J connectivity index is 1.58. The number of fused-ring (bicyclic) bond motifs is 1. The van der Waals surface area contributed by atoms with Crippen LogP contribution in [0.15, 0.2) is 97.1 Å². The molecule has 0 aliphatic heterocycles. The first-order chi connectivity index (χ1) is 14.6. The lowest BCUT2D eigenvalue weighted by molar-refractivity contribution is -0.127. The molecule has 0 aliphatic carbocycles. The van der Waals surface area contributed by atoms with Gasteiger partial charge in [0.25, 0.3) is 5.91 Å². The third-order valence-electron chi connectivity index (χ3n) is 5.34. The van der Waals surface area contributed by atoms with Gasteiger partial charge in [-0.25, -0.2) is 0 Å². The molecule has 3 heteroatoms. The number of rotatable bonds is 6. The fourth-order valence-electron chi connectivity index (χ4n) is 3.70. The van der Waals surface area contributed by atoms with Crippen molar-refractivity contribution in [2.45, 2.75) is 26.0 Å². The molecule has 1 amide bonds. The van der Waals surface area contributed by atoms with Gasteiger partial charge in [-0.2, -0.15) is 0 Å². The normalized spacial score (nSPS) is 12.9. The maximum absolute atomic E-state index is 13.1. The third-order valence-corrected chi connectivity index (χ3v) is 5.34. The van der Waals surface area contributed by atoms with Crippen LogP contribution in [-0.2, 0) is 4.79 Å². The smallest absolute Gasteiger partial charge is 0.261 e. The van der Waals surface area contributed by atoms with Crippen molar-refractivity contribution in [1.29, 1.82) is 0 Å². The molecule has 4 aromatic carbocycles. The summed E-state index contributed by atoms with van der Waals surface area (Å²) in [5.41, 5.74) is 3.25. The van der Waals surface area contributed by atoms with E-state index in [4.69, 9.17) is 4.74 Å². The van der Waals surface area contributed by atoms with E-state index < -0.39 is 6.10 Å². The summed E-state index contributed by atoms with van der Waals surface area (Å²) in [6.45, 7) is 3.85. The Morgan fingerprint density at radius 1 is 0.800 bits per heavy atom. The van der Waals surface area contributed by atoms with Crippen LogP contribution in [0.5, 0.6) is 5.75 Å². The molecule has 0 bridgehead atoms. The van der Waals surface area contributed by atoms with Gasteiger partial charge in [-0.05, 0) is 42.0 Å². The van der Waals surface area contributed by atoms with Gasteiger partial charge in [0.15, 0.2) is 6.10 Å². The highest BCUT2D eigenvalue weighted by atomic mass is 16.5. The summed E-state index contributed by atoms with van der Waals surface area (Å²) >= 11 is 0. The standard InChI is InChI=1S/C27H25NO2/c1-19-11-6-8-16-23(19)26(22-13-4-3-5-14-22)28-27(29)20(2)30-25-18-10-15-21-12-7-9-17-24(21)25/h3-18,20,26H,1-2H3,(H,28,29)/t20-,26-/m1/s1. The average molecular weight is 396 g/mol. The van der Waals surface area contributed by atoms with Crippen molar-refractivity contribution < 1.29 is 9.53 Å². The molecular weight excluding hydrogens is 370 g/mol. The zero-order chi connectivity index (χ0) is 20.9. The molecule has 0 aromatic heterocycles. The largest absolute Gasteiger partial charge is 0.480 e. The summed E-state index contributed by atoms with van der Waals surface area (Å²) in [5.74, 6) is 0.558. The van der Waals surface area contributed by atoms with Crippen molar-refractivity contribution in [3.63, 3.8) is 0 Å². The summed E-state index contributed by atoms with van der Waals surface area (Å²) in [5, 5.41) is 5.28. The van der Waals surface area contributed by atoms with Gasteiger partial charge in [-0.15, -0.1) is 0 Å². The van der Waals surface area contributed by atoms with E-state index in [-0.39, 0.29) is 11.9 Å². The minimum Gasteiger partial charge on any atom is -0.480 e. The molecular formula is C27H25NO2. The number of amides is 1. The fraction of sp³-hybridized carbons (Fsp3) is 0.148. The van der Waals surface area contributed by atoms with Gasteiger partial charge < -0.3 is 10.1 Å². The molecule has 150 valence electrons. The Morgan fingerprint density at radius 3 is 2.27 bits per heavy atom. The molecule has 2 atom stereocenters. The molecule has 0 fully saturated rings. The predicted octanol–water partition coefficient (Wildman–Crippen LogP) is 5.82. The predicted molar refractivity (Wildman–Crippen MR) is 122 cm³/mol. The number of hydrogen-bond acceptors (Lipinski definition) is 2. The van der Waals surface area contributed by atoms with Crippen LogP contribution in [-0.4, -0.2) is 12.0 Å².